The average Bonchev–Trinajstić information content (AvgIpc) is 3.07. The van der Waals surface area contributed by atoms with E-state index in [1.165, 1.54) is 0 Å². The lowest BCUT2D eigenvalue weighted by atomic mass is 9.96. The predicted octanol–water partition coefficient (Wildman–Crippen LogP) is 2.31. The van der Waals surface area contributed by atoms with Crippen molar-refractivity contribution in [3.05, 3.63) is 36.0 Å². The number of aryl methyl sites for hydroxylation is 1. The number of para-hydroxylation sites is 2. The van der Waals surface area contributed by atoms with Crippen LogP contribution < -0.4 is 9.47 Å². The highest BCUT2D eigenvalue weighted by Gasteiger charge is 2.38. The zero-order chi connectivity index (χ0) is 17.4. The molecule has 0 bridgehead atoms. The topological polar surface area (TPSA) is 77.7 Å². The highest BCUT2D eigenvalue weighted by atomic mass is 16.6. The molecule has 2 aliphatic heterocycles. The smallest absolute Gasteiger partial charge is 0.267 e. The van der Waals surface area contributed by atoms with Crippen LogP contribution in [0.1, 0.15) is 37.4 Å². The molecule has 4 rings (SSSR count). The fraction of sp³-hybridized carbons (Fsp3) is 0.500. The zero-order valence-electron chi connectivity index (χ0n) is 14.3. The summed E-state index contributed by atoms with van der Waals surface area (Å²) < 4.78 is 16.9. The van der Waals surface area contributed by atoms with E-state index >= 15 is 0 Å². The van der Waals surface area contributed by atoms with Crippen LogP contribution in [0.3, 0.4) is 0 Å². The van der Waals surface area contributed by atoms with Crippen molar-refractivity contribution in [2.45, 2.75) is 44.8 Å². The molecule has 2 aliphatic rings. The molecular weight excluding hydrogens is 322 g/mol. The van der Waals surface area contributed by atoms with Crippen LogP contribution in [0.5, 0.6) is 11.5 Å². The van der Waals surface area contributed by atoms with Gasteiger partial charge in [0.15, 0.2) is 17.3 Å². The van der Waals surface area contributed by atoms with Crippen LogP contribution in [0.2, 0.25) is 0 Å². The van der Waals surface area contributed by atoms with Gasteiger partial charge in [-0.2, -0.15) is 4.98 Å². The first kappa shape index (κ1) is 15.9. The second kappa shape index (κ2) is 6.38. The number of ether oxygens (including phenoxy) is 2. The Bertz CT molecular complexity index is 775. The number of benzene rings is 1. The SMILES string of the molecule is Cc1nc(C2CCCN(C(=O)C3Oc4ccccc4OC3C)C2)no1. The molecule has 3 heterocycles. The second-order valence-electron chi connectivity index (χ2n) is 6.60. The number of aromatic nitrogens is 2. The van der Waals surface area contributed by atoms with Gasteiger partial charge in [-0.05, 0) is 31.9 Å². The Morgan fingerprint density at radius 3 is 2.72 bits per heavy atom. The number of rotatable bonds is 2. The average molecular weight is 343 g/mol. The molecule has 7 heteroatoms. The van der Waals surface area contributed by atoms with Crippen molar-refractivity contribution < 1.29 is 18.8 Å². The fourth-order valence-corrected chi connectivity index (χ4v) is 3.44. The molecule has 25 heavy (non-hydrogen) atoms. The van der Waals surface area contributed by atoms with Crippen molar-refractivity contribution in [2.24, 2.45) is 0 Å². The lowest BCUT2D eigenvalue weighted by Crippen LogP contribution is -2.52. The van der Waals surface area contributed by atoms with Crippen LogP contribution in [0.15, 0.2) is 28.8 Å². The van der Waals surface area contributed by atoms with E-state index in [1.807, 2.05) is 36.1 Å². The van der Waals surface area contributed by atoms with Gasteiger partial charge < -0.3 is 18.9 Å². The molecule has 1 aromatic heterocycles. The second-order valence-corrected chi connectivity index (χ2v) is 6.60. The third-order valence-corrected chi connectivity index (χ3v) is 4.73. The molecule has 1 amide bonds. The number of likely N-dealkylation sites (tertiary alicyclic amines) is 1. The van der Waals surface area contributed by atoms with Gasteiger partial charge in [-0.15, -0.1) is 0 Å². The number of carbonyl (C=O) groups excluding carboxylic acids is 1. The monoisotopic (exact) mass is 343 g/mol. The maximum atomic E-state index is 13.0. The lowest BCUT2D eigenvalue weighted by molar-refractivity contribution is -0.145. The maximum absolute atomic E-state index is 13.0. The zero-order valence-corrected chi connectivity index (χ0v) is 14.3. The molecule has 0 saturated carbocycles. The Morgan fingerprint density at radius 1 is 1.24 bits per heavy atom. The Kier molecular flexibility index (Phi) is 4.07. The third-order valence-electron chi connectivity index (χ3n) is 4.73. The van der Waals surface area contributed by atoms with Crippen LogP contribution in [-0.4, -0.2) is 46.2 Å². The summed E-state index contributed by atoms with van der Waals surface area (Å²) in [6, 6.07) is 7.43. The minimum absolute atomic E-state index is 0.0491. The summed E-state index contributed by atoms with van der Waals surface area (Å²) in [7, 11) is 0. The van der Waals surface area contributed by atoms with Crippen molar-refractivity contribution in [1.82, 2.24) is 15.0 Å². The summed E-state index contributed by atoms with van der Waals surface area (Å²) in [5.41, 5.74) is 0. The molecule has 2 aromatic rings. The van der Waals surface area contributed by atoms with E-state index in [4.69, 9.17) is 14.0 Å². The van der Waals surface area contributed by atoms with Gasteiger partial charge in [0.25, 0.3) is 5.91 Å². The van der Waals surface area contributed by atoms with E-state index in [0.29, 0.717) is 36.3 Å². The van der Waals surface area contributed by atoms with Gasteiger partial charge >= 0.3 is 0 Å². The molecule has 3 unspecified atom stereocenters. The molecular formula is C18H21N3O4. The summed E-state index contributed by atoms with van der Waals surface area (Å²) in [6.07, 6.45) is 0.877. The number of amides is 1. The van der Waals surface area contributed by atoms with Crippen molar-refractivity contribution in [3.8, 4) is 11.5 Å². The van der Waals surface area contributed by atoms with E-state index in [-0.39, 0.29) is 17.9 Å². The van der Waals surface area contributed by atoms with Gasteiger partial charge in [-0.3, -0.25) is 4.79 Å². The molecule has 7 nitrogen and oxygen atoms in total. The van der Waals surface area contributed by atoms with Gasteiger partial charge in [0.2, 0.25) is 12.0 Å². The highest BCUT2D eigenvalue weighted by molar-refractivity contribution is 5.82. The summed E-state index contributed by atoms with van der Waals surface area (Å²) in [6.45, 7) is 4.92. The van der Waals surface area contributed by atoms with Crippen LogP contribution >= 0.6 is 0 Å². The van der Waals surface area contributed by atoms with Crippen molar-refractivity contribution in [3.63, 3.8) is 0 Å². The van der Waals surface area contributed by atoms with E-state index in [2.05, 4.69) is 10.1 Å². The molecule has 0 N–H and O–H groups in total. The first-order valence-corrected chi connectivity index (χ1v) is 8.63. The van der Waals surface area contributed by atoms with Gasteiger partial charge in [0.05, 0.1) is 0 Å². The predicted molar refractivity (Wildman–Crippen MR) is 88.5 cm³/mol. The number of fused-ring (bicyclic) bond motifs is 1. The summed E-state index contributed by atoms with van der Waals surface area (Å²) in [5, 5.41) is 4.01. The maximum Gasteiger partial charge on any atom is 0.267 e. The molecule has 132 valence electrons. The van der Waals surface area contributed by atoms with Crippen LogP contribution in [0, 0.1) is 6.92 Å². The minimum Gasteiger partial charge on any atom is -0.482 e. The van der Waals surface area contributed by atoms with Gasteiger partial charge in [-0.1, -0.05) is 17.3 Å². The Balaban J connectivity index is 1.49. The van der Waals surface area contributed by atoms with E-state index < -0.39 is 6.10 Å². The van der Waals surface area contributed by atoms with E-state index in [9.17, 15) is 4.79 Å². The quantitative estimate of drug-likeness (QED) is 0.833. The van der Waals surface area contributed by atoms with Crippen molar-refractivity contribution in [2.75, 3.05) is 13.1 Å². The van der Waals surface area contributed by atoms with Crippen LogP contribution in [-0.2, 0) is 4.79 Å². The first-order chi connectivity index (χ1) is 12.1. The summed E-state index contributed by atoms with van der Waals surface area (Å²) in [5.74, 6) is 2.57. The number of carbonyl (C=O) groups is 1. The lowest BCUT2D eigenvalue weighted by Gasteiger charge is -2.37. The summed E-state index contributed by atoms with van der Waals surface area (Å²) in [4.78, 5) is 19.2. The molecule has 0 radical (unpaired) electrons. The first-order valence-electron chi connectivity index (χ1n) is 8.63. The van der Waals surface area contributed by atoms with Crippen molar-refractivity contribution in [1.29, 1.82) is 0 Å². The molecule has 1 saturated heterocycles. The largest absolute Gasteiger partial charge is 0.482 e. The van der Waals surface area contributed by atoms with E-state index in [1.54, 1.807) is 6.92 Å². The van der Waals surface area contributed by atoms with Crippen molar-refractivity contribution >= 4 is 5.91 Å². The normalized spacial score (nSPS) is 25.7. The molecule has 0 aliphatic carbocycles. The molecule has 1 aromatic carbocycles. The molecule has 3 atom stereocenters. The Labute approximate surface area is 145 Å². The standard InChI is InChI=1S/C18H21N3O4/c1-11-16(24-15-8-4-3-7-14(15)23-11)18(22)21-9-5-6-13(10-21)17-19-12(2)25-20-17/h3-4,7-8,11,13,16H,5-6,9-10H2,1-2H3. The fourth-order valence-electron chi connectivity index (χ4n) is 3.44. The van der Waals surface area contributed by atoms with E-state index in [0.717, 1.165) is 12.8 Å². The number of nitrogens with zero attached hydrogens (tertiary/aromatic N) is 3. The number of hydrogen-bond donors (Lipinski definition) is 0. The Morgan fingerprint density at radius 2 is 2.00 bits per heavy atom. The Hall–Kier alpha value is -2.57. The summed E-state index contributed by atoms with van der Waals surface area (Å²) >= 11 is 0. The van der Waals surface area contributed by atoms with Gasteiger partial charge in [0.1, 0.15) is 6.10 Å². The minimum atomic E-state index is -0.638. The number of hydrogen-bond acceptors (Lipinski definition) is 6. The highest BCUT2D eigenvalue weighted by Crippen LogP contribution is 2.34. The van der Waals surface area contributed by atoms with Crippen LogP contribution in [0.25, 0.3) is 0 Å². The third kappa shape index (κ3) is 3.06. The molecule has 1 fully saturated rings. The van der Waals surface area contributed by atoms with Gasteiger partial charge in [-0.25, -0.2) is 0 Å². The number of piperidine rings is 1. The van der Waals surface area contributed by atoms with Crippen LogP contribution in [0.4, 0.5) is 0 Å². The molecule has 0 spiro atoms. The van der Waals surface area contributed by atoms with Gasteiger partial charge in [0, 0.05) is 25.9 Å².